The molecule has 0 bridgehead atoms. The topological polar surface area (TPSA) is 59.1 Å². The third-order valence-corrected chi connectivity index (χ3v) is 7.33. The normalized spacial score (nSPS) is 14.4. The lowest BCUT2D eigenvalue weighted by atomic mass is 10.1. The van der Waals surface area contributed by atoms with Crippen LogP contribution in [0.15, 0.2) is 66.4 Å². The fourth-order valence-electron chi connectivity index (χ4n) is 3.81. The maximum Gasteiger partial charge on any atom is 0.325 e. The van der Waals surface area contributed by atoms with Crippen LogP contribution in [0.3, 0.4) is 0 Å². The highest BCUT2D eigenvalue weighted by Crippen LogP contribution is 2.32. The van der Waals surface area contributed by atoms with E-state index in [9.17, 15) is 9.59 Å². The number of amides is 1. The summed E-state index contributed by atoms with van der Waals surface area (Å²) >= 11 is 24.1. The molecule has 196 valence electrons. The molecule has 1 aliphatic heterocycles. The fourth-order valence-corrected chi connectivity index (χ4v) is 4.72. The summed E-state index contributed by atoms with van der Waals surface area (Å²) < 4.78 is 10.7. The second-order valence-corrected chi connectivity index (χ2v) is 9.95. The Morgan fingerprint density at radius 1 is 0.947 bits per heavy atom. The largest absolute Gasteiger partial charge is 0.487 e. The number of anilines is 1. The highest BCUT2D eigenvalue weighted by Gasteiger charge is 2.40. The van der Waals surface area contributed by atoms with E-state index in [4.69, 9.17) is 56.5 Å². The van der Waals surface area contributed by atoms with Gasteiger partial charge in [-0.05, 0) is 77.8 Å². The number of halogens is 3. The Hall–Kier alpha value is -3.10. The molecule has 3 aromatic carbocycles. The fraction of sp³-hybridized carbons (Fsp3) is 0.179. The van der Waals surface area contributed by atoms with Gasteiger partial charge >= 0.3 is 5.97 Å². The summed E-state index contributed by atoms with van der Waals surface area (Å²) in [5, 5.41) is 1.43. The average Bonchev–Trinajstić information content (AvgIpc) is 3.13. The van der Waals surface area contributed by atoms with Crippen molar-refractivity contribution >= 4 is 75.8 Å². The van der Waals surface area contributed by atoms with Crippen LogP contribution in [0, 0.1) is 0 Å². The molecule has 1 heterocycles. The van der Waals surface area contributed by atoms with E-state index in [1.165, 1.54) is 16.9 Å². The maximum absolute atomic E-state index is 13.5. The highest BCUT2D eigenvalue weighted by atomic mass is 35.5. The third kappa shape index (κ3) is 6.13. The molecule has 38 heavy (non-hydrogen) atoms. The number of aryl methyl sites for hydroxylation is 1. The van der Waals surface area contributed by atoms with Gasteiger partial charge in [-0.3, -0.25) is 14.5 Å². The second kappa shape index (κ2) is 12.2. The van der Waals surface area contributed by atoms with Crippen molar-refractivity contribution in [3.05, 3.63) is 98.1 Å². The van der Waals surface area contributed by atoms with Crippen molar-refractivity contribution in [3.8, 4) is 5.75 Å². The minimum absolute atomic E-state index is 0.184. The van der Waals surface area contributed by atoms with E-state index >= 15 is 0 Å². The SMILES string of the molecule is CCc1ccc(N2C(=O)/C(=C/c3ccc(OCc4ccc(Cl)c(Cl)c4)c(Cl)c3)N(CC(=O)OC)C2=S)cc1. The van der Waals surface area contributed by atoms with E-state index in [0.29, 0.717) is 32.1 Å². The molecule has 6 nitrogen and oxygen atoms in total. The predicted octanol–water partition coefficient (Wildman–Crippen LogP) is 6.94. The van der Waals surface area contributed by atoms with E-state index in [1.807, 2.05) is 37.3 Å². The number of thiocarbonyl (C=S) groups is 1. The number of ether oxygens (including phenoxy) is 2. The average molecular weight is 590 g/mol. The Labute approximate surface area is 241 Å². The molecular weight excluding hydrogens is 567 g/mol. The molecule has 3 aromatic rings. The molecule has 1 amide bonds. The van der Waals surface area contributed by atoms with Crippen LogP contribution in [-0.4, -0.2) is 35.5 Å². The number of benzene rings is 3. The van der Waals surface area contributed by atoms with Gasteiger partial charge in [-0.15, -0.1) is 0 Å². The number of methoxy groups -OCH3 is 1. The lowest BCUT2D eigenvalue weighted by Crippen LogP contribution is -2.35. The van der Waals surface area contributed by atoms with Crippen LogP contribution in [0.1, 0.15) is 23.6 Å². The van der Waals surface area contributed by atoms with Gasteiger partial charge in [0.25, 0.3) is 5.91 Å². The molecule has 0 aliphatic carbocycles. The van der Waals surface area contributed by atoms with Crippen LogP contribution >= 0.6 is 47.0 Å². The highest BCUT2D eigenvalue weighted by molar-refractivity contribution is 7.80. The molecule has 1 saturated heterocycles. The molecule has 0 atom stereocenters. The molecule has 0 spiro atoms. The van der Waals surface area contributed by atoms with Gasteiger partial charge in [0.15, 0.2) is 5.11 Å². The number of hydrogen-bond acceptors (Lipinski definition) is 5. The number of carbonyl (C=O) groups is 2. The number of nitrogens with zero attached hydrogens (tertiary/aromatic N) is 2. The number of carbonyl (C=O) groups excluding carboxylic acids is 2. The predicted molar refractivity (Wildman–Crippen MR) is 155 cm³/mol. The molecule has 0 saturated carbocycles. The van der Waals surface area contributed by atoms with E-state index in [2.05, 4.69) is 0 Å². The van der Waals surface area contributed by atoms with Crippen LogP contribution in [0.5, 0.6) is 5.75 Å². The van der Waals surface area contributed by atoms with Gasteiger partial charge in [-0.1, -0.05) is 66.0 Å². The van der Waals surface area contributed by atoms with Crippen LogP contribution in [0.2, 0.25) is 15.1 Å². The van der Waals surface area contributed by atoms with E-state index in [1.54, 1.807) is 36.4 Å². The summed E-state index contributed by atoms with van der Waals surface area (Å²) in [5.74, 6) is -0.435. The van der Waals surface area contributed by atoms with Gasteiger partial charge in [0.1, 0.15) is 24.6 Å². The summed E-state index contributed by atoms with van der Waals surface area (Å²) in [6.07, 6.45) is 2.50. The van der Waals surface area contributed by atoms with E-state index < -0.39 is 5.97 Å². The summed E-state index contributed by atoms with van der Waals surface area (Å²) in [7, 11) is 1.28. The van der Waals surface area contributed by atoms with Crippen LogP contribution in [-0.2, 0) is 27.4 Å². The first-order valence-corrected chi connectivity index (χ1v) is 13.2. The van der Waals surface area contributed by atoms with Gasteiger partial charge in [0, 0.05) is 0 Å². The second-order valence-electron chi connectivity index (χ2n) is 8.36. The third-order valence-electron chi connectivity index (χ3n) is 5.89. The quantitative estimate of drug-likeness (QED) is 0.161. The van der Waals surface area contributed by atoms with Crippen molar-refractivity contribution < 1.29 is 19.1 Å². The number of esters is 1. The Bertz CT molecular complexity index is 1430. The van der Waals surface area contributed by atoms with Gasteiger partial charge in [-0.2, -0.15) is 0 Å². The van der Waals surface area contributed by atoms with Crippen molar-refractivity contribution in [1.29, 1.82) is 0 Å². The maximum atomic E-state index is 13.5. The molecule has 0 unspecified atom stereocenters. The Kier molecular flexibility index (Phi) is 8.95. The van der Waals surface area contributed by atoms with Crippen molar-refractivity contribution in [2.45, 2.75) is 20.0 Å². The lowest BCUT2D eigenvalue weighted by Gasteiger charge is -2.19. The zero-order valence-electron chi connectivity index (χ0n) is 20.5. The van der Waals surface area contributed by atoms with E-state index in [-0.39, 0.29) is 29.9 Å². The Morgan fingerprint density at radius 2 is 1.66 bits per heavy atom. The number of rotatable bonds is 8. The zero-order valence-corrected chi connectivity index (χ0v) is 23.6. The van der Waals surface area contributed by atoms with Crippen molar-refractivity contribution in [3.63, 3.8) is 0 Å². The minimum Gasteiger partial charge on any atom is -0.487 e. The Balaban J connectivity index is 1.60. The summed E-state index contributed by atoms with van der Waals surface area (Å²) in [5.41, 5.74) is 3.42. The summed E-state index contributed by atoms with van der Waals surface area (Å²) in [4.78, 5) is 28.5. The van der Waals surface area contributed by atoms with Crippen LogP contribution in [0.25, 0.3) is 6.08 Å². The van der Waals surface area contributed by atoms with Crippen LogP contribution in [0.4, 0.5) is 5.69 Å². The summed E-state index contributed by atoms with van der Waals surface area (Å²) in [6, 6.07) is 17.9. The molecule has 0 N–H and O–H groups in total. The molecule has 0 aromatic heterocycles. The standard InChI is InChI=1S/C28H23Cl3N2O4S/c1-3-17-4-8-20(9-5-17)33-27(35)24(32(28(33)38)15-26(34)36-2)14-18-7-11-25(23(31)12-18)37-16-19-6-10-21(29)22(30)13-19/h4-14H,3,15-16H2,1-2H3/b24-14-. The molecular formula is C28H23Cl3N2O4S. The minimum atomic E-state index is -0.529. The van der Waals surface area contributed by atoms with Gasteiger partial charge in [-0.25, -0.2) is 0 Å². The lowest BCUT2D eigenvalue weighted by molar-refractivity contribution is -0.140. The van der Waals surface area contributed by atoms with Gasteiger partial charge in [0.2, 0.25) is 0 Å². The van der Waals surface area contributed by atoms with E-state index in [0.717, 1.165) is 17.5 Å². The summed E-state index contributed by atoms with van der Waals surface area (Å²) in [6.45, 7) is 2.08. The molecule has 4 rings (SSSR count). The van der Waals surface area contributed by atoms with Gasteiger partial charge < -0.3 is 14.4 Å². The molecule has 1 fully saturated rings. The molecule has 10 heteroatoms. The van der Waals surface area contributed by atoms with Crippen LogP contribution < -0.4 is 9.64 Å². The number of hydrogen-bond donors (Lipinski definition) is 0. The van der Waals surface area contributed by atoms with Gasteiger partial charge in [0.05, 0.1) is 27.9 Å². The molecule has 0 radical (unpaired) electrons. The first-order chi connectivity index (χ1) is 18.2. The monoisotopic (exact) mass is 588 g/mol. The first kappa shape index (κ1) is 27.9. The Morgan fingerprint density at radius 3 is 2.29 bits per heavy atom. The van der Waals surface area contributed by atoms with Crippen molar-refractivity contribution in [2.24, 2.45) is 0 Å². The van der Waals surface area contributed by atoms with Crippen molar-refractivity contribution in [1.82, 2.24) is 4.90 Å². The first-order valence-electron chi connectivity index (χ1n) is 11.6. The zero-order chi connectivity index (χ0) is 27.4. The smallest absolute Gasteiger partial charge is 0.325 e. The molecule has 1 aliphatic rings. The van der Waals surface area contributed by atoms with Crippen molar-refractivity contribution in [2.75, 3.05) is 18.6 Å².